The molecular weight excluding hydrogens is 438 g/mol. The van der Waals surface area contributed by atoms with Gasteiger partial charge in [0.25, 0.3) is 0 Å². The molecule has 4 rings (SSSR count). The zero-order chi connectivity index (χ0) is 23.2. The highest BCUT2D eigenvalue weighted by Crippen LogP contribution is 2.34. The minimum atomic E-state index is 0.0858. The van der Waals surface area contributed by atoms with E-state index in [0.29, 0.717) is 28.6 Å². The monoisotopic (exact) mass is 473 g/mol. The van der Waals surface area contributed by atoms with E-state index in [9.17, 15) is 0 Å². The van der Waals surface area contributed by atoms with Crippen molar-refractivity contribution >= 4 is 35.1 Å². The van der Waals surface area contributed by atoms with E-state index < -0.39 is 0 Å². The summed E-state index contributed by atoms with van der Waals surface area (Å²) in [7, 11) is 1.62. The first-order valence-electron chi connectivity index (χ1n) is 12.2. The van der Waals surface area contributed by atoms with E-state index in [-0.39, 0.29) is 18.0 Å². The highest BCUT2D eigenvalue weighted by atomic mass is 35.5. The Labute approximate surface area is 201 Å². The predicted octanol–water partition coefficient (Wildman–Crippen LogP) is 4.91. The second kappa shape index (κ2) is 11.2. The second-order valence-electron chi connectivity index (χ2n) is 9.30. The van der Waals surface area contributed by atoms with Crippen LogP contribution in [0.4, 0.5) is 23.5 Å². The normalized spacial score (nSPS) is 21.9. The fourth-order valence-corrected chi connectivity index (χ4v) is 5.25. The summed E-state index contributed by atoms with van der Waals surface area (Å²) in [5.74, 6) is 2.38. The highest BCUT2D eigenvalue weighted by molar-refractivity contribution is 6.32. The van der Waals surface area contributed by atoms with Gasteiger partial charge in [-0.05, 0) is 49.8 Å². The Morgan fingerprint density at radius 1 is 1.03 bits per heavy atom. The molecule has 2 aliphatic carbocycles. The molecule has 8 nitrogen and oxygen atoms in total. The Bertz CT molecular complexity index is 920. The molecule has 1 aromatic carbocycles. The summed E-state index contributed by atoms with van der Waals surface area (Å²) >= 11 is 6.48. The van der Waals surface area contributed by atoms with E-state index in [0.717, 1.165) is 37.9 Å². The highest BCUT2D eigenvalue weighted by Gasteiger charge is 2.25. The van der Waals surface area contributed by atoms with E-state index in [4.69, 9.17) is 32.8 Å². The third-order valence-corrected chi connectivity index (χ3v) is 7.17. The lowest BCUT2D eigenvalue weighted by Crippen LogP contribution is -2.43. The summed E-state index contributed by atoms with van der Waals surface area (Å²) in [6, 6.07) is 6.00. The molecule has 1 heterocycles. The van der Waals surface area contributed by atoms with Gasteiger partial charge in [-0.1, -0.05) is 50.1 Å². The van der Waals surface area contributed by atoms with Crippen LogP contribution in [-0.4, -0.2) is 40.7 Å². The molecule has 9 heteroatoms. The SMILES string of the molecule is COc1ccc(N(CC2CCCCCC2)c2nc(N)nc(NC3CCCCC3N)n2)cc1Cl. The molecule has 2 aliphatic rings. The Morgan fingerprint density at radius 3 is 2.45 bits per heavy atom. The van der Waals surface area contributed by atoms with Crippen LogP contribution in [0.5, 0.6) is 5.75 Å². The maximum Gasteiger partial charge on any atom is 0.236 e. The molecule has 2 saturated carbocycles. The van der Waals surface area contributed by atoms with Gasteiger partial charge in [-0.2, -0.15) is 15.0 Å². The van der Waals surface area contributed by atoms with Crippen molar-refractivity contribution in [3.63, 3.8) is 0 Å². The Hall–Kier alpha value is -2.32. The molecule has 5 N–H and O–H groups in total. The van der Waals surface area contributed by atoms with Crippen LogP contribution in [0.25, 0.3) is 0 Å². The quantitative estimate of drug-likeness (QED) is 0.486. The summed E-state index contributed by atoms with van der Waals surface area (Å²) in [5, 5.41) is 3.97. The van der Waals surface area contributed by atoms with Gasteiger partial charge in [0.2, 0.25) is 17.8 Å². The first-order chi connectivity index (χ1) is 16.0. The zero-order valence-corrected chi connectivity index (χ0v) is 20.2. The van der Waals surface area contributed by atoms with Crippen molar-refractivity contribution in [3.05, 3.63) is 23.2 Å². The first-order valence-corrected chi connectivity index (χ1v) is 12.6. The van der Waals surface area contributed by atoms with Crippen LogP contribution in [-0.2, 0) is 0 Å². The average Bonchev–Trinajstić information content (AvgIpc) is 3.07. The van der Waals surface area contributed by atoms with Crippen molar-refractivity contribution in [3.8, 4) is 5.75 Å². The average molecular weight is 474 g/mol. The molecular formula is C24H36ClN7O. The van der Waals surface area contributed by atoms with Crippen LogP contribution in [0.1, 0.15) is 64.2 Å². The van der Waals surface area contributed by atoms with Crippen molar-refractivity contribution in [2.45, 2.75) is 76.3 Å². The molecule has 0 aliphatic heterocycles. The fraction of sp³-hybridized carbons (Fsp3) is 0.625. The van der Waals surface area contributed by atoms with Crippen LogP contribution >= 0.6 is 11.6 Å². The van der Waals surface area contributed by atoms with Gasteiger partial charge in [-0.15, -0.1) is 0 Å². The molecule has 33 heavy (non-hydrogen) atoms. The summed E-state index contributed by atoms with van der Waals surface area (Å²) in [5.41, 5.74) is 13.4. The maximum absolute atomic E-state index is 6.48. The number of benzene rings is 1. The third-order valence-electron chi connectivity index (χ3n) is 6.88. The lowest BCUT2D eigenvalue weighted by molar-refractivity contribution is 0.402. The van der Waals surface area contributed by atoms with Gasteiger partial charge >= 0.3 is 0 Å². The van der Waals surface area contributed by atoms with Crippen molar-refractivity contribution in [2.75, 3.05) is 29.6 Å². The molecule has 1 aromatic heterocycles. The van der Waals surface area contributed by atoms with Gasteiger partial charge in [-0.3, -0.25) is 0 Å². The molecule has 0 spiro atoms. The van der Waals surface area contributed by atoms with Crippen molar-refractivity contribution in [2.24, 2.45) is 11.7 Å². The number of nitrogens with one attached hydrogen (secondary N) is 1. The number of nitrogen functional groups attached to an aromatic ring is 1. The molecule has 2 atom stereocenters. The Kier molecular flexibility index (Phi) is 8.09. The van der Waals surface area contributed by atoms with Gasteiger partial charge in [0, 0.05) is 24.3 Å². The van der Waals surface area contributed by atoms with Crippen LogP contribution in [0.2, 0.25) is 5.02 Å². The van der Waals surface area contributed by atoms with Crippen molar-refractivity contribution < 1.29 is 4.74 Å². The van der Waals surface area contributed by atoms with Crippen LogP contribution in [0.15, 0.2) is 18.2 Å². The van der Waals surface area contributed by atoms with E-state index in [2.05, 4.69) is 20.2 Å². The number of hydrogen-bond acceptors (Lipinski definition) is 8. The molecule has 0 bridgehead atoms. The van der Waals surface area contributed by atoms with Gasteiger partial charge in [0.15, 0.2) is 0 Å². The number of ether oxygens (including phenoxy) is 1. The van der Waals surface area contributed by atoms with Gasteiger partial charge in [-0.25, -0.2) is 0 Å². The topological polar surface area (TPSA) is 115 Å². The molecule has 0 amide bonds. The number of nitrogens with two attached hydrogens (primary N) is 2. The van der Waals surface area contributed by atoms with Crippen LogP contribution in [0, 0.1) is 5.92 Å². The summed E-state index contributed by atoms with van der Waals surface area (Å²) in [6.45, 7) is 0.800. The zero-order valence-electron chi connectivity index (χ0n) is 19.5. The first kappa shape index (κ1) is 23.8. The van der Waals surface area contributed by atoms with Crippen molar-refractivity contribution in [1.29, 1.82) is 0 Å². The summed E-state index contributed by atoms with van der Waals surface area (Å²) in [4.78, 5) is 15.8. The standard InChI is InChI=1S/C24H36ClN7O/c1-33-21-13-12-17(14-18(21)25)32(15-16-8-4-2-3-5-9-16)24-30-22(27)29-23(31-24)28-20-11-7-6-10-19(20)26/h12-14,16,19-20H,2-11,15,26H2,1H3,(H3,27,28,29,30,31). The van der Waals surface area contributed by atoms with Gasteiger partial charge < -0.3 is 26.4 Å². The largest absolute Gasteiger partial charge is 0.495 e. The molecule has 2 aromatic rings. The molecule has 2 fully saturated rings. The Morgan fingerprint density at radius 2 is 1.76 bits per heavy atom. The van der Waals surface area contributed by atoms with E-state index >= 15 is 0 Å². The van der Waals surface area contributed by atoms with Crippen LogP contribution in [0.3, 0.4) is 0 Å². The van der Waals surface area contributed by atoms with E-state index in [1.807, 2.05) is 18.2 Å². The summed E-state index contributed by atoms with van der Waals surface area (Å²) < 4.78 is 5.35. The molecule has 2 unspecified atom stereocenters. The molecule has 0 saturated heterocycles. The van der Waals surface area contributed by atoms with Crippen molar-refractivity contribution in [1.82, 2.24) is 15.0 Å². The minimum Gasteiger partial charge on any atom is -0.495 e. The lowest BCUT2D eigenvalue weighted by Gasteiger charge is -2.30. The number of hydrogen-bond donors (Lipinski definition) is 3. The summed E-state index contributed by atoms with van der Waals surface area (Å²) in [6.07, 6.45) is 11.8. The number of anilines is 4. The predicted molar refractivity (Wildman–Crippen MR) is 134 cm³/mol. The Balaban J connectivity index is 1.65. The number of halogens is 1. The number of nitrogens with zero attached hydrogens (tertiary/aromatic N) is 4. The maximum atomic E-state index is 6.48. The second-order valence-corrected chi connectivity index (χ2v) is 9.71. The van der Waals surface area contributed by atoms with E-state index in [1.54, 1.807) is 7.11 Å². The van der Waals surface area contributed by atoms with E-state index in [1.165, 1.54) is 38.5 Å². The molecule has 0 radical (unpaired) electrons. The lowest BCUT2D eigenvalue weighted by atomic mass is 9.91. The van der Waals surface area contributed by atoms with Gasteiger partial charge in [0.1, 0.15) is 5.75 Å². The number of aromatic nitrogens is 3. The molecule has 180 valence electrons. The number of methoxy groups -OCH3 is 1. The fourth-order valence-electron chi connectivity index (χ4n) is 5.00. The smallest absolute Gasteiger partial charge is 0.236 e. The minimum absolute atomic E-state index is 0.0858. The van der Waals surface area contributed by atoms with Crippen LogP contribution < -0.4 is 26.4 Å². The van der Waals surface area contributed by atoms with Gasteiger partial charge in [0.05, 0.1) is 12.1 Å². The third kappa shape index (κ3) is 6.18. The number of rotatable bonds is 7.